The molecule has 22 unspecified atom stereocenters. The Kier molecular flexibility index (Phi) is 13.1. The molecule has 0 aromatic carbocycles. The van der Waals surface area contributed by atoms with Gasteiger partial charge >= 0.3 is 0 Å². The largest absolute Gasteiger partial charge is 0.394 e. The van der Waals surface area contributed by atoms with E-state index in [0.29, 0.717) is 38.5 Å². The van der Waals surface area contributed by atoms with E-state index in [1.165, 1.54) is 13.8 Å². The van der Waals surface area contributed by atoms with E-state index in [0.717, 1.165) is 0 Å². The first kappa shape index (κ1) is 46.9. The van der Waals surface area contributed by atoms with Crippen LogP contribution in [0.15, 0.2) is 0 Å². The summed E-state index contributed by atoms with van der Waals surface area (Å²) in [7, 11) is 0. The molecule has 4 saturated carbocycles. The normalized spacial score (nSPS) is 52.2. The smallest absolute Gasteiger partial charge is 0.187 e. The van der Waals surface area contributed by atoms with E-state index in [4.69, 9.17) is 18.9 Å². The highest BCUT2D eigenvalue weighted by molar-refractivity contribution is 5.22. The van der Waals surface area contributed by atoms with Crippen molar-refractivity contribution in [3.8, 4) is 0 Å². The molecule has 2 saturated heterocycles. The molecule has 6 rings (SSSR count). The Morgan fingerprint density at radius 1 is 0.724 bits per heavy atom. The van der Waals surface area contributed by atoms with E-state index < -0.39 is 144 Å². The SMILES string of the molecule is CC(C)(O)C(O)CCC(C)(OC1OC(CO)C(O)C(O)C1O)C1CCC2(C)C1C(O)CC1C3(C)CCC(O)C(C)(C)C3C(OC3OC(CO)C(O)C(O)C3O)CC12C. The summed E-state index contributed by atoms with van der Waals surface area (Å²) in [4.78, 5) is 0. The number of hydrogen-bond acceptors (Lipinski definition) is 16. The van der Waals surface area contributed by atoms with Crippen molar-refractivity contribution < 1.29 is 80.2 Å². The van der Waals surface area contributed by atoms with Crippen molar-refractivity contribution in [3.63, 3.8) is 0 Å². The number of ether oxygens (including phenoxy) is 4. The maximum atomic E-state index is 12.6. The molecule has 0 bridgehead atoms. The fraction of sp³-hybridized carbons (Fsp3) is 1.00. The van der Waals surface area contributed by atoms with Crippen molar-refractivity contribution in [1.82, 2.24) is 0 Å². The maximum Gasteiger partial charge on any atom is 0.187 e. The molecule has 22 atom stereocenters. The van der Waals surface area contributed by atoms with Crippen LogP contribution in [0.2, 0.25) is 0 Å². The first-order valence-corrected chi connectivity index (χ1v) is 21.4. The van der Waals surface area contributed by atoms with Crippen LogP contribution in [0.25, 0.3) is 0 Å². The third kappa shape index (κ3) is 7.43. The Morgan fingerprint density at radius 3 is 1.83 bits per heavy atom. The van der Waals surface area contributed by atoms with Crippen LogP contribution < -0.4 is 0 Å². The van der Waals surface area contributed by atoms with Gasteiger partial charge in [-0.1, -0.05) is 34.6 Å². The van der Waals surface area contributed by atoms with Crippen LogP contribution in [0, 0.1) is 45.3 Å². The van der Waals surface area contributed by atoms with Crippen LogP contribution in [0.4, 0.5) is 0 Å². The molecule has 0 radical (unpaired) electrons. The summed E-state index contributed by atoms with van der Waals surface area (Å²) in [5.74, 6) is -1.23. The average Bonchev–Trinajstić information content (AvgIpc) is 3.54. The first-order chi connectivity index (χ1) is 26.7. The first-order valence-electron chi connectivity index (χ1n) is 21.4. The highest BCUT2D eigenvalue weighted by Gasteiger charge is 2.74. The van der Waals surface area contributed by atoms with E-state index in [9.17, 15) is 61.3 Å². The topological polar surface area (TPSA) is 280 Å². The molecule has 12 N–H and O–H groups in total. The van der Waals surface area contributed by atoms with Crippen molar-refractivity contribution in [2.24, 2.45) is 45.3 Å². The summed E-state index contributed by atoms with van der Waals surface area (Å²) in [6.07, 6.45) is -15.1. The second kappa shape index (κ2) is 16.2. The van der Waals surface area contributed by atoms with Gasteiger partial charge in [-0.15, -0.1) is 0 Å². The van der Waals surface area contributed by atoms with Crippen molar-refractivity contribution >= 4 is 0 Å². The predicted octanol–water partition coefficient (Wildman–Crippen LogP) is -0.715. The zero-order chi connectivity index (χ0) is 43.3. The van der Waals surface area contributed by atoms with Gasteiger partial charge in [0.05, 0.1) is 48.8 Å². The second-order valence-corrected chi connectivity index (χ2v) is 21.1. The minimum absolute atomic E-state index is 0.0690. The van der Waals surface area contributed by atoms with E-state index in [1.807, 2.05) is 20.8 Å². The Morgan fingerprint density at radius 2 is 1.28 bits per heavy atom. The lowest BCUT2D eigenvalue weighted by Gasteiger charge is -2.72. The van der Waals surface area contributed by atoms with E-state index in [-0.39, 0.29) is 24.7 Å². The fourth-order valence-electron chi connectivity index (χ4n) is 13.6. The Balaban J connectivity index is 1.40. The Hall–Kier alpha value is -0.640. The molecule has 16 nitrogen and oxygen atoms in total. The number of fused-ring (bicyclic) bond motifs is 5. The summed E-state index contributed by atoms with van der Waals surface area (Å²) in [5.41, 5.74) is -5.08. The van der Waals surface area contributed by atoms with E-state index >= 15 is 0 Å². The minimum Gasteiger partial charge on any atom is -0.394 e. The molecule has 4 aliphatic carbocycles. The lowest BCUT2D eigenvalue weighted by Crippen LogP contribution is -2.71. The van der Waals surface area contributed by atoms with Crippen LogP contribution >= 0.6 is 0 Å². The van der Waals surface area contributed by atoms with E-state index in [2.05, 4.69) is 20.8 Å². The molecule has 0 aromatic heterocycles. The van der Waals surface area contributed by atoms with Gasteiger partial charge in [0.25, 0.3) is 0 Å². The van der Waals surface area contributed by atoms with Gasteiger partial charge in [-0.2, -0.15) is 0 Å². The maximum absolute atomic E-state index is 12.6. The summed E-state index contributed by atoms with van der Waals surface area (Å²) < 4.78 is 25.2. The average molecular weight is 835 g/mol. The van der Waals surface area contributed by atoms with Crippen LogP contribution in [0.3, 0.4) is 0 Å². The Bertz CT molecular complexity index is 1430. The van der Waals surface area contributed by atoms with Gasteiger partial charge in [0.1, 0.15) is 48.8 Å². The molecule has 338 valence electrons. The van der Waals surface area contributed by atoms with Gasteiger partial charge in [0.15, 0.2) is 12.6 Å². The zero-order valence-electron chi connectivity index (χ0n) is 35.5. The zero-order valence-corrected chi connectivity index (χ0v) is 35.5. The van der Waals surface area contributed by atoms with Crippen LogP contribution in [-0.2, 0) is 18.9 Å². The molecule has 0 spiro atoms. The number of rotatable bonds is 11. The third-order valence-corrected chi connectivity index (χ3v) is 17.1. The molecule has 0 aromatic rings. The lowest BCUT2D eigenvalue weighted by atomic mass is 9.34. The molecule has 58 heavy (non-hydrogen) atoms. The summed E-state index contributed by atoms with van der Waals surface area (Å²) in [5, 5.41) is 131. The van der Waals surface area contributed by atoms with Crippen molar-refractivity contribution in [2.45, 2.75) is 204 Å². The molecule has 6 aliphatic rings. The van der Waals surface area contributed by atoms with Crippen molar-refractivity contribution in [1.29, 1.82) is 0 Å². The number of aliphatic hydroxyl groups excluding tert-OH is 11. The van der Waals surface area contributed by atoms with Crippen LogP contribution in [0.1, 0.15) is 107 Å². The summed E-state index contributed by atoms with van der Waals surface area (Å²) in [6, 6.07) is 0. The summed E-state index contributed by atoms with van der Waals surface area (Å²) >= 11 is 0. The third-order valence-electron chi connectivity index (χ3n) is 17.1. The number of aliphatic hydroxyl groups is 12. The Labute approximate surface area is 342 Å². The molecule has 16 heteroatoms. The van der Waals surface area contributed by atoms with Gasteiger partial charge in [-0.3, -0.25) is 0 Å². The molecular formula is C42H74O16. The van der Waals surface area contributed by atoms with Gasteiger partial charge in [-0.25, -0.2) is 0 Å². The van der Waals surface area contributed by atoms with Gasteiger partial charge in [0, 0.05) is 0 Å². The highest BCUT2D eigenvalue weighted by Crippen LogP contribution is 2.76. The predicted molar refractivity (Wildman–Crippen MR) is 205 cm³/mol. The minimum atomic E-state index is -1.69. The van der Waals surface area contributed by atoms with Gasteiger partial charge in [0.2, 0.25) is 0 Å². The molecule has 0 amide bonds. The fourth-order valence-corrected chi connectivity index (χ4v) is 13.6. The number of hydrogen-bond donors (Lipinski definition) is 12. The van der Waals surface area contributed by atoms with E-state index in [1.54, 1.807) is 0 Å². The second-order valence-electron chi connectivity index (χ2n) is 21.1. The molecule has 2 aliphatic heterocycles. The lowest BCUT2D eigenvalue weighted by molar-refractivity contribution is -0.350. The quantitative estimate of drug-likeness (QED) is 0.115. The monoisotopic (exact) mass is 834 g/mol. The standard InChI is InChI=1S/C42H74O16/c1-37(2)25(46)10-12-39(5)24-15-20(45)27-19(42(8,14-11-26(47)38(3,4)54)58-36-33(53)31(51)29(49)23(18-44)57-36)9-13-40(27,6)41(24,7)16-21(34(37)39)55-35-32(52)30(50)28(48)22(17-43)56-35/h19-36,43-54H,9-18H2,1-8H3. The van der Waals surface area contributed by atoms with Crippen molar-refractivity contribution in [2.75, 3.05) is 13.2 Å². The molecule has 2 heterocycles. The summed E-state index contributed by atoms with van der Waals surface area (Å²) in [6.45, 7) is 14.1. The van der Waals surface area contributed by atoms with Crippen molar-refractivity contribution in [3.05, 3.63) is 0 Å². The van der Waals surface area contributed by atoms with Crippen LogP contribution in [-0.4, -0.2) is 172 Å². The molecular weight excluding hydrogens is 760 g/mol. The van der Waals surface area contributed by atoms with Gasteiger partial charge < -0.3 is 80.2 Å². The van der Waals surface area contributed by atoms with Gasteiger partial charge in [-0.05, 0) is 117 Å². The van der Waals surface area contributed by atoms with Crippen LogP contribution in [0.5, 0.6) is 0 Å². The molecule has 6 fully saturated rings. The highest BCUT2D eigenvalue weighted by atomic mass is 16.7.